The van der Waals surface area contributed by atoms with E-state index < -0.39 is 0 Å². The maximum Gasteiger partial charge on any atom is 0.163 e. The first kappa shape index (κ1) is 13.0. The van der Waals surface area contributed by atoms with Crippen LogP contribution in [-0.2, 0) is 0 Å². The third-order valence-corrected chi connectivity index (χ3v) is 4.37. The molecule has 0 aliphatic rings. The van der Waals surface area contributed by atoms with E-state index in [1.165, 1.54) is 0 Å². The largest absolute Gasteiger partial charge is 0.383 e. The van der Waals surface area contributed by atoms with E-state index in [-0.39, 0.29) is 0 Å². The number of aromatic nitrogens is 2. The molecule has 0 amide bonds. The van der Waals surface area contributed by atoms with Gasteiger partial charge in [-0.15, -0.1) is 0 Å². The Labute approximate surface area is 126 Å². The van der Waals surface area contributed by atoms with E-state index in [0.29, 0.717) is 16.7 Å². The van der Waals surface area contributed by atoms with Crippen molar-refractivity contribution in [2.45, 2.75) is 6.92 Å². The number of aryl methyl sites for hydroxylation is 1. The average molecular weight is 424 g/mol. The molecule has 2 aromatic rings. The maximum atomic E-state index is 6.13. The highest BCUT2D eigenvalue weighted by atomic mass is 127. The number of nitrogen functional groups attached to an aromatic ring is 1. The van der Waals surface area contributed by atoms with Gasteiger partial charge in [0.05, 0.1) is 14.3 Å². The molecule has 0 spiro atoms. The van der Waals surface area contributed by atoms with Crippen molar-refractivity contribution in [3.05, 3.63) is 37.0 Å². The average Bonchev–Trinajstić information content (AvgIpc) is 2.28. The first-order valence-corrected chi connectivity index (χ1v) is 6.99. The highest BCUT2D eigenvalue weighted by molar-refractivity contribution is 14.1. The summed E-state index contributed by atoms with van der Waals surface area (Å²) in [7, 11) is 0. The Bertz CT molecular complexity index is 566. The van der Waals surface area contributed by atoms with Gasteiger partial charge in [-0.05, 0) is 47.7 Å². The van der Waals surface area contributed by atoms with Gasteiger partial charge in [0.25, 0.3) is 0 Å². The van der Waals surface area contributed by atoms with Crippen molar-refractivity contribution in [3.8, 4) is 11.4 Å². The lowest BCUT2D eigenvalue weighted by Crippen LogP contribution is -2.02. The quantitative estimate of drug-likeness (QED) is 0.703. The second kappa shape index (κ2) is 5.07. The Morgan fingerprint density at radius 2 is 2.06 bits per heavy atom. The normalized spacial score (nSPS) is 10.6. The minimum atomic E-state index is 0.476. The van der Waals surface area contributed by atoms with Gasteiger partial charge in [0, 0.05) is 10.0 Å². The molecule has 0 radical (unpaired) electrons. The maximum absolute atomic E-state index is 6.13. The summed E-state index contributed by atoms with van der Waals surface area (Å²) in [6.45, 7) is 1.90. The van der Waals surface area contributed by atoms with Crippen LogP contribution in [0.1, 0.15) is 5.69 Å². The number of hydrogen-bond acceptors (Lipinski definition) is 3. The van der Waals surface area contributed by atoms with Crippen LogP contribution >= 0.6 is 50.1 Å². The highest BCUT2D eigenvalue weighted by Crippen LogP contribution is 2.30. The van der Waals surface area contributed by atoms with Gasteiger partial charge in [-0.2, -0.15) is 0 Å². The molecule has 0 bridgehead atoms. The van der Waals surface area contributed by atoms with Crippen LogP contribution in [-0.4, -0.2) is 9.97 Å². The van der Waals surface area contributed by atoms with Crippen molar-refractivity contribution in [1.82, 2.24) is 9.97 Å². The third kappa shape index (κ3) is 2.71. The number of nitrogens with zero attached hydrogens (tertiary/aromatic N) is 2. The summed E-state index contributed by atoms with van der Waals surface area (Å²) in [5.41, 5.74) is 7.46. The van der Waals surface area contributed by atoms with E-state index >= 15 is 0 Å². The lowest BCUT2D eigenvalue weighted by atomic mass is 10.2. The topological polar surface area (TPSA) is 51.8 Å². The molecule has 6 heteroatoms. The number of nitrogens with two attached hydrogens (primary N) is 1. The monoisotopic (exact) mass is 423 g/mol. The summed E-state index contributed by atoms with van der Waals surface area (Å²) in [4.78, 5) is 8.66. The standard InChI is InChI=1S/C11H8BrClIN3/c1-5-9(14)10(15)17-11(16-5)7-4-6(12)2-3-8(7)13/h2-4H,1H3,(H2,15,16,17). The number of rotatable bonds is 1. The molecule has 1 aromatic carbocycles. The number of anilines is 1. The van der Waals surface area contributed by atoms with Crippen molar-refractivity contribution in [2.75, 3.05) is 5.73 Å². The van der Waals surface area contributed by atoms with E-state index in [4.69, 9.17) is 17.3 Å². The molecule has 0 fully saturated rings. The van der Waals surface area contributed by atoms with E-state index in [1.54, 1.807) is 6.07 Å². The van der Waals surface area contributed by atoms with E-state index in [2.05, 4.69) is 48.5 Å². The Hall–Kier alpha value is -0.400. The van der Waals surface area contributed by atoms with Crippen molar-refractivity contribution in [2.24, 2.45) is 0 Å². The summed E-state index contributed by atoms with van der Waals surface area (Å²) in [5.74, 6) is 1.02. The van der Waals surface area contributed by atoms with E-state index in [0.717, 1.165) is 19.3 Å². The molecule has 2 rings (SSSR count). The van der Waals surface area contributed by atoms with Crippen LogP contribution in [0.2, 0.25) is 5.02 Å². The summed E-state index contributed by atoms with van der Waals surface area (Å²) < 4.78 is 1.80. The molecule has 0 unspecified atom stereocenters. The van der Waals surface area contributed by atoms with Crippen LogP contribution in [0.15, 0.2) is 22.7 Å². The van der Waals surface area contributed by atoms with Gasteiger partial charge >= 0.3 is 0 Å². The number of halogens is 3. The predicted octanol–water partition coefficient (Wildman–Crippen LogP) is 4.05. The number of hydrogen-bond donors (Lipinski definition) is 1. The number of benzene rings is 1. The van der Waals surface area contributed by atoms with Crippen LogP contribution in [0.4, 0.5) is 5.82 Å². The molecule has 1 aromatic heterocycles. The second-order valence-corrected chi connectivity index (χ2v) is 5.86. The zero-order valence-corrected chi connectivity index (χ0v) is 13.3. The van der Waals surface area contributed by atoms with Crippen molar-refractivity contribution >= 4 is 55.9 Å². The van der Waals surface area contributed by atoms with Gasteiger partial charge in [0.2, 0.25) is 0 Å². The lowest BCUT2D eigenvalue weighted by molar-refractivity contribution is 1.10. The Morgan fingerprint density at radius 3 is 2.71 bits per heavy atom. The zero-order valence-electron chi connectivity index (χ0n) is 8.84. The Balaban J connectivity index is 2.64. The summed E-state index contributed by atoms with van der Waals surface area (Å²) in [6, 6.07) is 5.55. The van der Waals surface area contributed by atoms with Gasteiger partial charge < -0.3 is 5.73 Å². The van der Waals surface area contributed by atoms with E-state index in [1.807, 2.05) is 19.1 Å². The fourth-order valence-corrected chi connectivity index (χ4v) is 2.18. The summed E-state index contributed by atoms with van der Waals surface area (Å²) in [6.07, 6.45) is 0. The van der Waals surface area contributed by atoms with Crippen LogP contribution < -0.4 is 5.73 Å². The minimum Gasteiger partial charge on any atom is -0.383 e. The fourth-order valence-electron chi connectivity index (χ4n) is 1.37. The highest BCUT2D eigenvalue weighted by Gasteiger charge is 2.11. The van der Waals surface area contributed by atoms with Gasteiger partial charge in [-0.3, -0.25) is 0 Å². The zero-order chi connectivity index (χ0) is 12.6. The van der Waals surface area contributed by atoms with Crippen molar-refractivity contribution < 1.29 is 0 Å². The summed E-state index contributed by atoms with van der Waals surface area (Å²) >= 11 is 11.7. The molecule has 88 valence electrons. The fraction of sp³-hybridized carbons (Fsp3) is 0.0909. The predicted molar refractivity (Wildman–Crippen MR) is 82.0 cm³/mol. The van der Waals surface area contributed by atoms with Crippen molar-refractivity contribution in [3.63, 3.8) is 0 Å². The van der Waals surface area contributed by atoms with Gasteiger partial charge in [0.15, 0.2) is 5.82 Å². The molecule has 0 aliphatic heterocycles. The minimum absolute atomic E-state index is 0.476. The second-order valence-electron chi connectivity index (χ2n) is 3.46. The first-order chi connectivity index (χ1) is 7.99. The van der Waals surface area contributed by atoms with Crippen LogP contribution in [0.3, 0.4) is 0 Å². The van der Waals surface area contributed by atoms with Gasteiger partial charge in [0.1, 0.15) is 5.82 Å². The SMILES string of the molecule is Cc1nc(-c2cc(Br)ccc2Cl)nc(N)c1I. The molecule has 1 heterocycles. The third-order valence-electron chi connectivity index (χ3n) is 2.21. The molecular formula is C11H8BrClIN3. The molecule has 2 N–H and O–H groups in total. The van der Waals surface area contributed by atoms with Crippen LogP contribution in [0.25, 0.3) is 11.4 Å². The van der Waals surface area contributed by atoms with Crippen LogP contribution in [0.5, 0.6) is 0 Å². The van der Waals surface area contributed by atoms with Gasteiger partial charge in [-0.1, -0.05) is 27.5 Å². The van der Waals surface area contributed by atoms with Gasteiger partial charge in [-0.25, -0.2) is 9.97 Å². The molecule has 0 saturated carbocycles. The Morgan fingerprint density at radius 1 is 1.35 bits per heavy atom. The lowest BCUT2D eigenvalue weighted by Gasteiger charge is -2.07. The smallest absolute Gasteiger partial charge is 0.163 e. The molecular weight excluding hydrogens is 416 g/mol. The van der Waals surface area contributed by atoms with Crippen LogP contribution in [0, 0.1) is 10.5 Å². The molecule has 0 aliphatic carbocycles. The summed E-state index contributed by atoms with van der Waals surface area (Å²) in [5, 5.41) is 0.605. The molecule has 0 atom stereocenters. The molecule has 17 heavy (non-hydrogen) atoms. The molecule has 0 saturated heterocycles. The first-order valence-electron chi connectivity index (χ1n) is 4.74. The molecule has 3 nitrogen and oxygen atoms in total. The van der Waals surface area contributed by atoms with E-state index in [9.17, 15) is 0 Å². The van der Waals surface area contributed by atoms with Crippen molar-refractivity contribution in [1.29, 1.82) is 0 Å². The Kier molecular flexibility index (Phi) is 3.89.